The van der Waals surface area contributed by atoms with Crippen molar-refractivity contribution < 1.29 is 26.0 Å². The molecule has 2 N–H and O–H groups in total. The molecule has 0 unspecified atom stereocenters. The van der Waals surface area contributed by atoms with Crippen LogP contribution in [0.1, 0.15) is 33.0 Å². The maximum absolute atomic E-state index is 12.0. The highest BCUT2D eigenvalue weighted by Gasteiger charge is 2.28. The van der Waals surface area contributed by atoms with Gasteiger partial charge in [-0.2, -0.15) is 13.2 Å². The first-order valence-corrected chi connectivity index (χ1v) is 7.77. The Morgan fingerprint density at radius 2 is 1.81 bits per heavy atom. The molecule has 0 saturated carbocycles. The molecule has 1 aromatic heterocycles. The Kier molecular flexibility index (Phi) is 5.46. The molecular weight excluding hydrogens is 309 g/mol. The Morgan fingerprint density at radius 1 is 1.19 bits per heavy atom. The van der Waals surface area contributed by atoms with Gasteiger partial charge in [-0.25, -0.2) is 13.1 Å². The zero-order valence-electron chi connectivity index (χ0n) is 12.0. The topological polar surface area (TPSA) is 71.3 Å². The average molecular weight is 328 g/mol. The van der Waals surface area contributed by atoms with Crippen LogP contribution in [-0.4, -0.2) is 26.7 Å². The molecule has 0 radical (unpaired) electrons. The molecule has 1 heterocycles. The van der Waals surface area contributed by atoms with Gasteiger partial charge in [0.15, 0.2) is 0 Å². The molecule has 1 rings (SSSR count). The van der Waals surface area contributed by atoms with Gasteiger partial charge in [0.1, 0.15) is 5.76 Å². The van der Waals surface area contributed by atoms with Gasteiger partial charge in [-0.05, 0) is 32.9 Å². The van der Waals surface area contributed by atoms with Crippen LogP contribution in [0.4, 0.5) is 13.2 Å². The Bertz CT molecular complexity index is 559. The van der Waals surface area contributed by atoms with Gasteiger partial charge < -0.3 is 9.73 Å². The predicted molar refractivity (Wildman–Crippen MR) is 71.2 cm³/mol. The first-order chi connectivity index (χ1) is 9.39. The fraction of sp³-hybridized carbons (Fsp3) is 0.667. The van der Waals surface area contributed by atoms with Crippen molar-refractivity contribution in [2.45, 2.75) is 50.5 Å². The summed E-state index contributed by atoms with van der Waals surface area (Å²) in [6.07, 6.45) is -5.64. The summed E-state index contributed by atoms with van der Waals surface area (Å²) in [6.45, 7) is 5.41. The third kappa shape index (κ3) is 6.96. The Morgan fingerprint density at radius 3 is 2.33 bits per heavy atom. The van der Waals surface area contributed by atoms with Crippen LogP contribution in [-0.2, 0) is 16.6 Å². The fourth-order valence-corrected chi connectivity index (χ4v) is 2.33. The van der Waals surface area contributed by atoms with Gasteiger partial charge in [-0.1, -0.05) is 0 Å². The summed E-state index contributed by atoms with van der Waals surface area (Å²) in [4.78, 5) is 0. The molecule has 0 aromatic carbocycles. The standard InChI is InChI=1S/C12H19F3N2O3S/c1-11(2,3)16-8-9-4-5-10(20-9)21(18,19)17-7-6-12(13,14)15/h4-5,16-17H,6-8H2,1-3H3. The van der Waals surface area contributed by atoms with Crippen molar-refractivity contribution in [1.29, 1.82) is 0 Å². The van der Waals surface area contributed by atoms with Crippen LogP contribution in [0, 0.1) is 0 Å². The van der Waals surface area contributed by atoms with Crippen LogP contribution in [0.5, 0.6) is 0 Å². The van der Waals surface area contributed by atoms with Gasteiger partial charge in [0.25, 0.3) is 10.0 Å². The number of rotatable bonds is 6. The molecular formula is C12H19F3N2O3S. The van der Waals surface area contributed by atoms with Crippen LogP contribution < -0.4 is 10.0 Å². The van der Waals surface area contributed by atoms with Crippen LogP contribution >= 0.6 is 0 Å². The SMILES string of the molecule is CC(C)(C)NCc1ccc(S(=O)(=O)NCCC(F)(F)F)o1. The van der Waals surface area contributed by atoms with Gasteiger partial charge in [0.05, 0.1) is 13.0 Å². The molecule has 0 aliphatic rings. The van der Waals surface area contributed by atoms with E-state index in [1.807, 2.05) is 25.5 Å². The highest BCUT2D eigenvalue weighted by Crippen LogP contribution is 2.19. The first-order valence-electron chi connectivity index (χ1n) is 6.29. The monoisotopic (exact) mass is 328 g/mol. The second kappa shape index (κ2) is 6.37. The summed E-state index contributed by atoms with van der Waals surface area (Å²) >= 11 is 0. The highest BCUT2D eigenvalue weighted by atomic mass is 32.2. The van der Waals surface area contributed by atoms with E-state index >= 15 is 0 Å². The summed E-state index contributed by atoms with van der Waals surface area (Å²) in [5.41, 5.74) is -0.170. The number of alkyl halides is 3. The molecule has 9 heteroatoms. The molecule has 0 saturated heterocycles. The highest BCUT2D eigenvalue weighted by molar-refractivity contribution is 7.89. The molecule has 122 valence electrons. The van der Waals surface area contributed by atoms with Gasteiger partial charge >= 0.3 is 6.18 Å². The lowest BCUT2D eigenvalue weighted by Crippen LogP contribution is -2.34. The molecule has 0 spiro atoms. The van der Waals surface area contributed by atoms with E-state index in [-0.39, 0.29) is 5.54 Å². The Balaban J connectivity index is 2.62. The van der Waals surface area contributed by atoms with Crippen molar-refractivity contribution in [1.82, 2.24) is 10.0 Å². The fourth-order valence-electron chi connectivity index (χ4n) is 1.35. The largest absolute Gasteiger partial charge is 0.447 e. The van der Waals surface area contributed by atoms with Gasteiger partial charge in [-0.3, -0.25) is 0 Å². The number of halogens is 3. The summed E-state index contributed by atoms with van der Waals surface area (Å²) in [5.74, 6) is 0.390. The Labute approximate surface area is 122 Å². The second-order valence-corrected chi connectivity index (χ2v) is 7.29. The normalized spacial score (nSPS) is 13.6. The van der Waals surface area contributed by atoms with Crippen LogP contribution in [0.15, 0.2) is 21.6 Å². The third-order valence-corrected chi connectivity index (χ3v) is 3.73. The molecule has 0 amide bonds. The van der Waals surface area contributed by atoms with Crippen molar-refractivity contribution in [3.8, 4) is 0 Å². The van der Waals surface area contributed by atoms with Gasteiger partial charge in [-0.15, -0.1) is 0 Å². The van der Waals surface area contributed by atoms with Crippen molar-refractivity contribution in [3.05, 3.63) is 17.9 Å². The van der Waals surface area contributed by atoms with Crippen molar-refractivity contribution in [2.24, 2.45) is 0 Å². The number of nitrogens with one attached hydrogen (secondary N) is 2. The van der Waals surface area contributed by atoms with E-state index in [1.165, 1.54) is 12.1 Å². The predicted octanol–water partition coefficient (Wildman–Crippen LogP) is 2.40. The van der Waals surface area contributed by atoms with Gasteiger partial charge in [0, 0.05) is 12.1 Å². The molecule has 0 bridgehead atoms. The lowest BCUT2D eigenvalue weighted by atomic mass is 10.1. The van der Waals surface area contributed by atoms with Crippen molar-refractivity contribution in [3.63, 3.8) is 0 Å². The minimum atomic E-state index is -4.41. The molecule has 0 aliphatic heterocycles. The third-order valence-electron chi connectivity index (χ3n) is 2.40. The van der Waals surface area contributed by atoms with E-state index in [9.17, 15) is 21.6 Å². The average Bonchev–Trinajstić information content (AvgIpc) is 2.72. The van der Waals surface area contributed by atoms with E-state index in [0.29, 0.717) is 12.3 Å². The molecule has 21 heavy (non-hydrogen) atoms. The minimum absolute atomic E-state index is 0.170. The maximum atomic E-state index is 12.0. The van der Waals surface area contributed by atoms with Gasteiger partial charge in [0.2, 0.25) is 5.09 Å². The summed E-state index contributed by atoms with van der Waals surface area (Å²) < 4.78 is 66.4. The van der Waals surface area contributed by atoms with Crippen LogP contribution in [0.3, 0.4) is 0 Å². The number of sulfonamides is 1. The lowest BCUT2D eigenvalue weighted by molar-refractivity contribution is -0.132. The molecule has 1 aromatic rings. The summed E-state index contributed by atoms with van der Waals surface area (Å²) in [7, 11) is -4.06. The zero-order valence-corrected chi connectivity index (χ0v) is 12.9. The molecule has 5 nitrogen and oxygen atoms in total. The van der Waals surface area contributed by atoms with Crippen LogP contribution in [0.2, 0.25) is 0 Å². The number of hydrogen-bond donors (Lipinski definition) is 2. The summed E-state index contributed by atoms with van der Waals surface area (Å²) in [5, 5.41) is 2.72. The van der Waals surface area contributed by atoms with E-state index < -0.39 is 34.3 Å². The first kappa shape index (κ1) is 18.0. The van der Waals surface area contributed by atoms with E-state index in [1.54, 1.807) is 0 Å². The molecule has 0 aliphatic carbocycles. The number of furan rings is 1. The van der Waals surface area contributed by atoms with Crippen molar-refractivity contribution in [2.75, 3.05) is 6.54 Å². The van der Waals surface area contributed by atoms with Crippen molar-refractivity contribution >= 4 is 10.0 Å². The van der Waals surface area contributed by atoms with E-state index in [4.69, 9.17) is 4.42 Å². The Hall–Kier alpha value is -1.06. The van der Waals surface area contributed by atoms with E-state index in [2.05, 4.69) is 5.32 Å². The summed E-state index contributed by atoms with van der Waals surface area (Å²) in [6, 6.07) is 2.69. The maximum Gasteiger partial charge on any atom is 0.390 e. The van der Waals surface area contributed by atoms with Crippen LogP contribution in [0.25, 0.3) is 0 Å². The lowest BCUT2D eigenvalue weighted by Gasteiger charge is -2.19. The number of hydrogen-bond acceptors (Lipinski definition) is 4. The zero-order chi connectivity index (χ0) is 16.3. The smallest absolute Gasteiger partial charge is 0.390 e. The molecule has 0 atom stereocenters. The van der Waals surface area contributed by atoms with E-state index in [0.717, 1.165) is 0 Å². The molecule has 0 fully saturated rings. The quantitative estimate of drug-likeness (QED) is 0.841. The second-order valence-electron chi connectivity index (χ2n) is 5.59. The minimum Gasteiger partial charge on any atom is -0.447 e.